The highest BCUT2D eigenvalue weighted by Gasteiger charge is 2.36. The molecule has 2 rings (SSSR count). The van der Waals surface area contributed by atoms with Gasteiger partial charge in [-0.25, -0.2) is 4.98 Å². The second-order valence-corrected chi connectivity index (χ2v) is 8.65. The van der Waals surface area contributed by atoms with Crippen molar-refractivity contribution in [3.05, 3.63) is 52.7 Å². The first-order valence-electron chi connectivity index (χ1n) is 9.84. The molecule has 3 nitrogen and oxygen atoms in total. The second kappa shape index (κ2) is 7.96. The summed E-state index contributed by atoms with van der Waals surface area (Å²) in [5, 5.41) is 10.3. The summed E-state index contributed by atoms with van der Waals surface area (Å²) in [5.41, 5.74) is 4.50. The van der Waals surface area contributed by atoms with Crippen molar-refractivity contribution in [3.8, 4) is 0 Å². The molecule has 1 atom stereocenters. The highest BCUT2D eigenvalue weighted by Crippen LogP contribution is 2.39. The maximum Gasteiger partial charge on any atom is 0.204 e. The van der Waals surface area contributed by atoms with Gasteiger partial charge in [-0.15, -0.1) is 0 Å². The lowest BCUT2D eigenvalue weighted by Crippen LogP contribution is -2.27. The first kappa shape index (κ1) is 20.7. The Morgan fingerprint density at radius 3 is 2.27 bits per heavy atom. The Hall–Kier alpha value is -1.61. The smallest absolute Gasteiger partial charge is 0.204 e. The van der Waals surface area contributed by atoms with E-state index in [1.54, 1.807) is 6.26 Å². The molecule has 0 spiro atoms. The molecule has 0 bridgehead atoms. The molecular formula is C23H35NO2. The van der Waals surface area contributed by atoms with E-state index < -0.39 is 0 Å². The zero-order valence-electron chi connectivity index (χ0n) is 17.5. The molecule has 1 aromatic heterocycles. The summed E-state index contributed by atoms with van der Waals surface area (Å²) in [7, 11) is 0. The fourth-order valence-electron chi connectivity index (χ4n) is 3.48. The fourth-order valence-corrected chi connectivity index (χ4v) is 3.48. The highest BCUT2D eigenvalue weighted by molar-refractivity contribution is 5.38. The average Bonchev–Trinajstić information content (AvgIpc) is 3.06. The van der Waals surface area contributed by atoms with Crippen LogP contribution < -0.4 is 0 Å². The Kier molecular flexibility index (Phi) is 6.33. The van der Waals surface area contributed by atoms with E-state index in [4.69, 9.17) is 9.40 Å². The molecule has 1 heterocycles. The maximum atomic E-state index is 10.3. The van der Waals surface area contributed by atoms with Crippen molar-refractivity contribution in [3.63, 3.8) is 0 Å². The first-order valence-corrected chi connectivity index (χ1v) is 9.84. The second-order valence-electron chi connectivity index (χ2n) is 8.65. The predicted molar refractivity (Wildman–Crippen MR) is 108 cm³/mol. The van der Waals surface area contributed by atoms with Crippen LogP contribution in [0.4, 0.5) is 0 Å². The van der Waals surface area contributed by atoms with Gasteiger partial charge in [-0.2, -0.15) is 0 Å². The molecule has 3 heteroatoms. The third-order valence-corrected chi connectivity index (χ3v) is 5.90. The molecule has 0 aliphatic carbocycles. The zero-order valence-corrected chi connectivity index (χ0v) is 17.5. The Morgan fingerprint density at radius 1 is 1.08 bits per heavy atom. The van der Waals surface area contributed by atoms with Gasteiger partial charge in [0, 0.05) is 0 Å². The van der Waals surface area contributed by atoms with Crippen LogP contribution in [-0.4, -0.2) is 16.2 Å². The number of aliphatic hydroxyl groups is 1. The lowest BCUT2D eigenvalue weighted by Gasteiger charge is -2.29. The number of aryl methyl sites for hydroxylation is 3. The quantitative estimate of drug-likeness (QED) is 0.687. The molecule has 0 saturated heterocycles. The summed E-state index contributed by atoms with van der Waals surface area (Å²) in [4.78, 5) is 4.83. The number of benzene rings is 1. The van der Waals surface area contributed by atoms with Crippen molar-refractivity contribution >= 4 is 0 Å². The number of nitrogens with zero attached hydrogens (tertiary/aromatic N) is 1. The topological polar surface area (TPSA) is 46.3 Å². The van der Waals surface area contributed by atoms with E-state index in [1.165, 1.54) is 16.7 Å². The van der Waals surface area contributed by atoms with Crippen molar-refractivity contribution in [1.29, 1.82) is 0 Å². The van der Waals surface area contributed by atoms with E-state index in [2.05, 4.69) is 66.7 Å². The van der Waals surface area contributed by atoms with Crippen LogP contribution in [0.15, 0.2) is 28.9 Å². The van der Waals surface area contributed by atoms with Gasteiger partial charge in [0.2, 0.25) is 5.89 Å². The minimum atomic E-state index is -0.343. The van der Waals surface area contributed by atoms with Crippen LogP contribution in [-0.2, 0) is 11.8 Å². The van der Waals surface area contributed by atoms with Crippen LogP contribution in [0.3, 0.4) is 0 Å². The molecule has 144 valence electrons. The zero-order chi connectivity index (χ0) is 19.5. The third-order valence-electron chi connectivity index (χ3n) is 5.90. The van der Waals surface area contributed by atoms with Crippen LogP contribution >= 0.6 is 0 Å². The van der Waals surface area contributed by atoms with E-state index in [0.29, 0.717) is 6.42 Å². The summed E-state index contributed by atoms with van der Waals surface area (Å²) >= 11 is 0. The van der Waals surface area contributed by atoms with Gasteiger partial charge in [-0.05, 0) is 61.6 Å². The molecule has 2 aromatic rings. The van der Waals surface area contributed by atoms with Crippen LogP contribution in [0.1, 0.15) is 82.2 Å². The fraction of sp³-hybridized carbons (Fsp3) is 0.609. The maximum absolute atomic E-state index is 10.3. The summed E-state index contributed by atoms with van der Waals surface area (Å²) in [5.74, 6) is 0.797. The van der Waals surface area contributed by atoms with Gasteiger partial charge >= 0.3 is 0 Å². The molecule has 1 N–H and O–H groups in total. The Bertz CT molecular complexity index is 720. The molecule has 0 amide bonds. The molecule has 1 unspecified atom stereocenters. The predicted octanol–water partition coefficient (Wildman–Crippen LogP) is 5.74. The molecule has 0 fully saturated rings. The minimum absolute atomic E-state index is 0.109. The number of hydrogen-bond acceptors (Lipinski definition) is 3. The number of aromatic nitrogens is 1. The first-order chi connectivity index (χ1) is 12.1. The van der Waals surface area contributed by atoms with Crippen molar-refractivity contribution < 1.29 is 9.52 Å². The number of rotatable bonds is 7. The Morgan fingerprint density at radius 2 is 1.73 bits per heavy atom. The molecule has 0 aliphatic rings. The molecule has 0 aliphatic heterocycles. The standard InChI is InChI=1S/C23H35NO2/c1-8-23(9-2,18-11-10-16(3)17(4)14-18)21-24-19(15-26-21)12-13-20(25)22(5,6)7/h10-11,14-15,20,25H,8-9,12-13H2,1-7H3. The lowest BCUT2D eigenvalue weighted by atomic mass is 9.75. The van der Waals surface area contributed by atoms with Crippen LogP contribution in [0.25, 0.3) is 0 Å². The van der Waals surface area contributed by atoms with E-state index in [1.807, 2.05) is 0 Å². The molecule has 0 radical (unpaired) electrons. The molecule has 0 saturated carbocycles. The van der Waals surface area contributed by atoms with Gasteiger partial charge in [-0.3, -0.25) is 0 Å². The summed E-state index contributed by atoms with van der Waals surface area (Å²) in [6, 6.07) is 6.67. The minimum Gasteiger partial charge on any atom is -0.448 e. The summed E-state index contributed by atoms with van der Waals surface area (Å²) in [6.07, 6.45) is 4.74. The number of hydrogen-bond donors (Lipinski definition) is 1. The van der Waals surface area contributed by atoms with Gasteiger partial charge in [-0.1, -0.05) is 52.8 Å². The Labute approximate surface area is 158 Å². The van der Waals surface area contributed by atoms with E-state index in [-0.39, 0.29) is 16.9 Å². The summed E-state index contributed by atoms with van der Waals surface area (Å²) in [6.45, 7) is 14.9. The summed E-state index contributed by atoms with van der Waals surface area (Å²) < 4.78 is 5.96. The van der Waals surface area contributed by atoms with Gasteiger partial charge in [0.1, 0.15) is 6.26 Å². The van der Waals surface area contributed by atoms with Gasteiger partial charge < -0.3 is 9.52 Å². The van der Waals surface area contributed by atoms with Crippen molar-refractivity contribution in [1.82, 2.24) is 4.98 Å². The number of oxazole rings is 1. The van der Waals surface area contributed by atoms with Crippen molar-refractivity contribution in [2.45, 2.75) is 85.7 Å². The average molecular weight is 358 g/mol. The Balaban J connectivity index is 2.28. The number of aliphatic hydroxyl groups excluding tert-OH is 1. The molecule has 26 heavy (non-hydrogen) atoms. The highest BCUT2D eigenvalue weighted by atomic mass is 16.3. The third kappa shape index (κ3) is 4.20. The molecule has 1 aromatic carbocycles. The van der Waals surface area contributed by atoms with Crippen molar-refractivity contribution in [2.75, 3.05) is 0 Å². The largest absolute Gasteiger partial charge is 0.448 e. The van der Waals surface area contributed by atoms with E-state index in [9.17, 15) is 5.11 Å². The normalized spacial score (nSPS) is 13.8. The van der Waals surface area contributed by atoms with Crippen LogP contribution in [0, 0.1) is 19.3 Å². The molecular weight excluding hydrogens is 322 g/mol. The van der Waals surface area contributed by atoms with E-state index in [0.717, 1.165) is 30.8 Å². The van der Waals surface area contributed by atoms with Crippen LogP contribution in [0.5, 0.6) is 0 Å². The van der Waals surface area contributed by atoms with E-state index >= 15 is 0 Å². The lowest BCUT2D eigenvalue weighted by molar-refractivity contribution is 0.0558. The SMILES string of the molecule is CCC(CC)(c1ccc(C)c(C)c1)c1nc(CCC(O)C(C)(C)C)co1. The van der Waals surface area contributed by atoms with Crippen molar-refractivity contribution in [2.24, 2.45) is 5.41 Å². The van der Waals surface area contributed by atoms with Gasteiger partial charge in [0.15, 0.2) is 0 Å². The van der Waals surface area contributed by atoms with Crippen LogP contribution in [0.2, 0.25) is 0 Å². The van der Waals surface area contributed by atoms with Gasteiger partial charge in [0.25, 0.3) is 0 Å². The van der Waals surface area contributed by atoms with Gasteiger partial charge in [0.05, 0.1) is 17.2 Å². The monoisotopic (exact) mass is 357 g/mol.